The monoisotopic (exact) mass is 313 g/mol. The summed E-state index contributed by atoms with van der Waals surface area (Å²) in [7, 11) is 2.04. The van der Waals surface area contributed by atoms with Gasteiger partial charge in [-0.05, 0) is 53.5 Å². The number of benzene rings is 1. The molecule has 1 N–H and O–H groups in total. The van der Waals surface area contributed by atoms with E-state index in [-0.39, 0.29) is 0 Å². The fraction of sp³-hybridized carbons (Fsp3) is 0.600. The lowest BCUT2D eigenvalue weighted by Crippen LogP contribution is -2.24. The maximum Gasteiger partial charge on any atom is 0.133 e. The third-order valence-electron chi connectivity index (χ3n) is 3.45. The van der Waals surface area contributed by atoms with Crippen molar-refractivity contribution in [1.29, 1.82) is 0 Å². The first-order chi connectivity index (χ1) is 8.67. The smallest absolute Gasteiger partial charge is 0.133 e. The molecule has 0 saturated heterocycles. The van der Waals surface area contributed by atoms with Crippen molar-refractivity contribution in [2.45, 2.75) is 39.7 Å². The van der Waals surface area contributed by atoms with Crippen LogP contribution in [-0.2, 0) is 0 Å². The highest BCUT2D eigenvalue weighted by atomic mass is 79.9. The first kappa shape index (κ1) is 15.5. The van der Waals surface area contributed by atoms with Crippen LogP contribution in [0.2, 0.25) is 0 Å². The van der Waals surface area contributed by atoms with E-state index in [9.17, 15) is 0 Å². The molecule has 0 aliphatic carbocycles. The predicted molar refractivity (Wildman–Crippen MR) is 81.2 cm³/mol. The summed E-state index contributed by atoms with van der Waals surface area (Å²) in [5.41, 5.74) is 1.32. The van der Waals surface area contributed by atoms with Crippen molar-refractivity contribution in [1.82, 2.24) is 5.32 Å². The van der Waals surface area contributed by atoms with Gasteiger partial charge in [0.1, 0.15) is 5.75 Å². The van der Waals surface area contributed by atoms with Crippen LogP contribution in [0, 0.1) is 5.92 Å². The minimum absolute atomic E-state index is 0.409. The normalized spacial score (nSPS) is 12.8. The number of hydrogen-bond acceptors (Lipinski definition) is 2. The second kappa shape index (κ2) is 7.80. The van der Waals surface area contributed by atoms with Gasteiger partial charge in [-0.3, -0.25) is 0 Å². The molecule has 0 fully saturated rings. The maximum absolute atomic E-state index is 5.55. The molecule has 0 radical (unpaired) electrons. The molecular formula is C15H24BrNO. The number of halogens is 1. The van der Waals surface area contributed by atoms with Gasteiger partial charge in [0.25, 0.3) is 0 Å². The van der Waals surface area contributed by atoms with Crippen molar-refractivity contribution in [3.63, 3.8) is 0 Å². The minimum atomic E-state index is 0.409. The summed E-state index contributed by atoms with van der Waals surface area (Å²) in [6.45, 7) is 7.20. The molecule has 0 aromatic heterocycles. The Hall–Kier alpha value is -0.540. The Morgan fingerprint density at radius 2 is 1.89 bits per heavy atom. The van der Waals surface area contributed by atoms with Crippen molar-refractivity contribution in [3.05, 3.63) is 28.2 Å². The summed E-state index contributed by atoms with van der Waals surface area (Å²) < 4.78 is 6.59. The molecule has 0 saturated carbocycles. The molecule has 102 valence electrons. The molecule has 1 aromatic rings. The molecular weight excluding hydrogens is 290 g/mol. The lowest BCUT2D eigenvalue weighted by molar-refractivity contribution is 0.336. The van der Waals surface area contributed by atoms with E-state index in [0.717, 1.165) is 10.2 Å². The number of ether oxygens (including phenoxy) is 1. The zero-order chi connectivity index (χ0) is 13.5. The van der Waals surface area contributed by atoms with Crippen LogP contribution >= 0.6 is 15.9 Å². The largest absolute Gasteiger partial charge is 0.493 e. The highest BCUT2D eigenvalue weighted by Gasteiger charge is 2.19. The molecule has 1 atom stereocenters. The molecule has 1 unspecified atom stereocenters. The Labute approximate surface area is 119 Å². The SMILES string of the molecule is CCOc1ccc(C(NC)C(CC)CC)cc1Br. The first-order valence-electron chi connectivity index (χ1n) is 6.77. The van der Waals surface area contributed by atoms with E-state index in [4.69, 9.17) is 4.74 Å². The molecule has 1 rings (SSSR count). The van der Waals surface area contributed by atoms with Crippen LogP contribution < -0.4 is 10.1 Å². The molecule has 0 aliphatic heterocycles. The fourth-order valence-corrected chi connectivity index (χ4v) is 2.93. The van der Waals surface area contributed by atoms with Crippen LogP contribution in [0.5, 0.6) is 5.75 Å². The van der Waals surface area contributed by atoms with E-state index in [1.165, 1.54) is 18.4 Å². The Bertz CT molecular complexity index is 364. The van der Waals surface area contributed by atoms with Crippen LogP contribution in [0.25, 0.3) is 0 Å². The predicted octanol–water partition coefficient (Wildman–Crippen LogP) is 4.54. The second-order valence-corrected chi connectivity index (χ2v) is 5.32. The average molecular weight is 314 g/mol. The molecule has 1 aromatic carbocycles. The van der Waals surface area contributed by atoms with E-state index in [2.05, 4.69) is 53.3 Å². The first-order valence-corrected chi connectivity index (χ1v) is 7.56. The highest BCUT2D eigenvalue weighted by Crippen LogP contribution is 2.32. The molecule has 0 amide bonds. The molecule has 0 bridgehead atoms. The van der Waals surface area contributed by atoms with Crippen molar-refractivity contribution in [2.75, 3.05) is 13.7 Å². The molecule has 0 heterocycles. The van der Waals surface area contributed by atoms with Gasteiger partial charge in [0.05, 0.1) is 11.1 Å². The quantitative estimate of drug-likeness (QED) is 0.797. The summed E-state index contributed by atoms with van der Waals surface area (Å²) in [5, 5.41) is 3.44. The molecule has 0 aliphatic rings. The summed E-state index contributed by atoms with van der Waals surface area (Å²) in [6, 6.07) is 6.79. The van der Waals surface area contributed by atoms with E-state index in [0.29, 0.717) is 18.6 Å². The molecule has 3 heteroatoms. The second-order valence-electron chi connectivity index (χ2n) is 4.47. The van der Waals surface area contributed by atoms with Crippen LogP contribution in [0.3, 0.4) is 0 Å². The summed E-state index contributed by atoms with van der Waals surface area (Å²) in [4.78, 5) is 0. The van der Waals surface area contributed by atoms with Gasteiger partial charge >= 0.3 is 0 Å². The minimum Gasteiger partial charge on any atom is -0.493 e. The lowest BCUT2D eigenvalue weighted by Gasteiger charge is -2.25. The highest BCUT2D eigenvalue weighted by molar-refractivity contribution is 9.10. The maximum atomic E-state index is 5.55. The van der Waals surface area contributed by atoms with Gasteiger partial charge in [-0.2, -0.15) is 0 Å². The zero-order valence-corrected chi connectivity index (χ0v) is 13.4. The topological polar surface area (TPSA) is 21.3 Å². The standard InChI is InChI=1S/C15H24BrNO/c1-5-11(6-2)15(17-4)12-8-9-14(18-7-3)13(16)10-12/h8-11,15,17H,5-7H2,1-4H3. The molecule has 2 nitrogen and oxygen atoms in total. The van der Waals surface area contributed by atoms with E-state index in [1.807, 2.05) is 14.0 Å². The van der Waals surface area contributed by atoms with Gasteiger partial charge in [0, 0.05) is 6.04 Å². The van der Waals surface area contributed by atoms with Crippen LogP contribution in [0.15, 0.2) is 22.7 Å². The summed E-state index contributed by atoms with van der Waals surface area (Å²) in [5.74, 6) is 1.58. The molecule has 18 heavy (non-hydrogen) atoms. The Morgan fingerprint density at radius 1 is 1.22 bits per heavy atom. The van der Waals surface area contributed by atoms with Gasteiger partial charge in [0.15, 0.2) is 0 Å². The van der Waals surface area contributed by atoms with E-state index in [1.54, 1.807) is 0 Å². The van der Waals surface area contributed by atoms with Crippen LogP contribution in [-0.4, -0.2) is 13.7 Å². The number of rotatable bonds is 7. The average Bonchev–Trinajstić information content (AvgIpc) is 2.38. The summed E-state index contributed by atoms with van der Waals surface area (Å²) in [6.07, 6.45) is 2.37. The third-order valence-corrected chi connectivity index (χ3v) is 4.07. The third kappa shape index (κ3) is 3.72. The van der Waals surface area contributed by atoms with Crippen molar-refractivity contribution < 1.29 is 4.74 Å². The van der Waals surface area contributed by atoms with Gasteiger partial charge < -0.3 is 10.1 Å². The Kier molecular flexibility index (Phi) is 6.72. The fourth-order valence-electron chi connectivity index (χ4n) is 2.42. The Balaban J connectivity index is 2.96. The van der Waals surface area contributed by atoms with Gasteiger partial charge in [-0.1, -0.05) is 32.8 Å². The lowest BCUT2D eigenvalue weighted by atomic mass is 9.89. The van der Waals surface area contributed by atoms with E-state index >= 15 is 0 Å². The van der Waals surface area contributed by atoms with Gasteiger partial charge in [0.2, 0.25) is 0 Å². The number of nitrogens with one attached hydrogen (secondary N) is 1. The van der Waals surface area contributed by atoms with Gasteiger partial charge in [-0.15, -0.1) is 0 Å². The molecule has 0 spiro atoms. The van der Waals surface area contributed by atoms with Crippen LogP contribution in [0.1, 0.15) is 45.2 Å². The summed E-state index contributed by atoms with van der Waals surface area (Å²) >= 11 is 3.59. The number of hydrogen-bond donors (Lipinski definition) is 1. The Morgan fingerprint density at radius 3 is 2.33 bits per heavy atom. The van der Waals surface area contributed by atoms with Crippen LogP contribution in [0.4, 0.5) is 0 Å². The van der Waals surface area contributed by atoms with Crippen molar-refractivity contribution in [3.8, 4) is 5.75 Å². The zero-order valence-electron chi connectivity index (χ0n) is 11.8. The van der Waals surface area contributed by atoms with Crippen molar-refractivity contribution in [2.24, 2.45) is 5.92 Å². The van der Waals surface area contributed by atoms with Crippen molar-refractivity contribution >= 4 is 15.9 Å². The van der Waals surface area contributed by atoms with E-state index < -0.39 is 0 Å². The van der Waals surface area contributed by atoms with Gasteiger partial charge in [-0.25, -0.2) is 0 Å².